The molecule has 2 aromatic heterocycles. The van der Waals surface area contributed by atoms with Crippen molar-refractivity contribution in [1.29, 1.82) is 0 Å². The molecular formula is C21H17N2W7Y-. The SMILES string of the molecule is [CH2-]Cn1c(-c2[c-]c3cc[c-]nc3cc2)c(C)c2ccc(C)cc21.[W+2].[W].[W].[W].[W].[W].[W].[Y]. The molecule has 10 heteroatoms. The van der Waals surface area contributed by atoms with Gasteiger partial charge in [0.25, 0.3) is 0 Å². The molecular weight excluding hydrogens is 1660 g/mol. The van der Waals surface area contributed by atoms with Crippen LogP contribution in [-0.2, 0) is 187 Å². The second-order valence-corrected chi connectivity index (χ2v) is 5.89. The molecule has 157 valence electrons. The third-order valence-electron chi connectivity index (χ3n) is 4.41. The summed E-state index contributed by atoms with van der Waals surface area (Å²) < 4.78 is 2.28. The Labute approximate surface area is 310 Å². The van der Waals surface area contributed by atoms with Crippen LogP contribution in [0, 0.1) is 33.0 Å². The van der Waals surface area contributed by atoms with Crippen molar-refractivity contribution >= 4 is 21.8 Å². The molecule has 0 amide bonds. The molecule has 0 fully saturated rings. The fourth-order valence-electron chi connectivity index (χ4n) is 3.31. The topological polar surface area (TPSA) is 17.8 Å². The first-order chi connectivity index (χ1) is 11.2. The van der Waals surface area contributed by atoms with Gasteiger partial charge >= 0.3 is 21.1 Å². The molecule has 2 nitrogen and oxygen atoms in total. The molecule has 0 bridgehead atoms. The van der Waals surface area contributed by atoms with Gasteiger partial charge in [0, 0.05) is 165 Å². The number of nitrogens with zero attached hydrogens (tertiary/aromatic N) is 2. The van der Waals surface area contributed by atoms with Crippen molar-refractivity contribution < 1.29 is 180 Å². The van der Waals surface area contributed by atoms with Gasteiger partial charge in [-0.25, -0.2) is 0 Å². The van der Waals surface area contributed by atoms with E-state index >= 15 is 0 Å². The zero-order valence-electron chi connectivity index (χ0n) is 16.8. The van der Waals surface area contributed by atoms with E-state index in [2.05, 4.69) is 66.9 Å². The molecule has 0 aliphatic carbocycles. The minimum absolute atomic E-state index is 0. The van der Waals surface area contributed by atoms with E-state index in [-0.39, 0.29) is 180 Å². The van der Waals surface area contributed by atoms with Gasteiger partial charge < -0.3 is 16.5 Å². The van der Waals surface area contributed by atoms with Gasteiger partial charge in [-0.2, -0.15) is 12.1 Å². The average molecular weight is 1670 g/mol. The van der Waals surface area contributed by atoms with Gasteiger partial charge in [0.15, 0.2) is 0 Å². The first-order valence-corrected chi connectivity index (χ1v) is 7.77. The van der Waals surface area contributed by atoms with Crippen molar-refractivity contribution in [3.63, 3.8) is 0 Å². The van der Waals surface area contributed by atoms with Crippen molar-refractivity contribution in [2.75, 3.05) is 0 Å². The van der Waals surface area contributed by atoms with E-state index in [4.69, 9.17) is 0 Å². The second-order valence-electron chi connectivity index (χ2n) is 5.89. The van der Waals surface area contributed by atoms with Gasteiger partial charge in [0.1, 0.15) is 0 Å². The van der Waals surface area contributed by atoms with E-state index in [1.807, 2.05) is 18.2 Å². The summed E-state index contributed by atoms with van der Waals surface area (Å²) in [5.41, 5.74) is 6.96. The summed E-state index contributed by atoms with van der Waals surface area (Å²) in [6.07, 6.45) is 2.87. The Morgan fingerprint density at radius 1 is 0.935 bits per heavy atom. The van der Waals surface area contributed by atoms with Crippen LogP contribution in [-0.4, -0.2) is 9.55 Å². The Morgan fingerprint density at radius 3 is 2.19 bits per heavy atom. The predicted molar refractivity (Wildman–Crippen MR) is 95.2 cm³/mol. The molecule has 0 unspecified atom stereocenters. The van der Waals surface area contributed by atoms with Crippen LogP contribution in [0.2, 0.25) is 0 Å². The van der Waals surface area contributed by atoms with Gasteiger partial charge in [-0.1, -0.05) is 29.4 Å². The van der Waals surface area contributed by atoms with Crippen LogP contribution in [0.15, 0.2) is 42.5 Å². The van der Waals surface area contributed by atoms with Crippen molar-refractivity contribution in [3.05, 3.63) is 72.8 Å². The number of pyridine rings is 1. The number of rotatable bonds is 2. The third kappa shape index (κ3) is 9.61. The molecule has 1 radical (unpaired) electrons. The Hall–Kier alpha value is 3.31. The van der Waals surface area contributed by atoms with E-state index in [0.717, 1.165) is 16.5 Å². The summed E-state index contributed by atoms with van der Waals surface area (Å²) in [5.74, 6) is 0. The van der Waals surface area contributed by atoms with Gasteiger partial charge in [0.2, 0.25) is 0 Å². The summed E-state index contributed by atoms with van der Waals surface area (Å²) in [7, 11) is 0. The molecule has 2 aromatic carbocycles. The number of hydrogen-bond donors (Lipinski definition) is 0. The molecule has 0 N–H and O–H groups in total. The molecule has 0 atom stereocenters. The maximum absolute atomic E-state index is 4.26. The normalized spacial score (nSPS) is 8.48. The molecule has 31 heavy (non-hydrogen) atoms. The fourth-order valence-corrected chi connectivity index (χ4v) is 3.31. The standard InChI is InChI=1S/C21H17N2.7W.Y/c1-4-23-20-12-14(2)7-9-18(20)15(3)21(23)17-8-10-19-16(13-17)6-5-11-22-19;;;;;;;;/h5-10,12H,1,4H2,2-3H3;;;;;;;;/q-3;;;;;;;+2;. The monoisotopic (exact) mass is 1670 g/mol. The van der Waals surface area contributed by atoms with Crippen molar-refractivity contribution in [1.82, 2.24) is 9.55 Å². The molecule has 4 rings (SSSR count). The largest absolute Gasteiger partial charge is 2.00 e. The zero-order valence-corrected chi connectivity index (χ0v) is 40.2. The molecule has 4 aromatic rings. The van der Waals surface area contributed by atoms with Crippen LogP contribution in [0.5, 0.6) is 0 Å². The van der Waals surface area contributed by atoms with Gasteiger partial charge in [-0.15, -0.1) is 35.7 Å². The number of aromatic nitrogens is 2. The van der Waals surface area contributed by atoms with E-state index in [9.17, 15) is 0 Å². The molecule has 0 spiro atoms. The Bertz CT molecular complexity index is 1050. The smallest absolute Gasteiger partial charge is 0.402 e. The summed E-state index contributed by atoms with van der Waals surface area (Å²) in [6.45, 7) is 9.12. The maximum atomic E-state index is 4.26. The van der Waals surface area contributed by atoms with Crippen LogP contribution >= 0.6 is 0 Å². The second kappa shape index (κ2) is 20.4. The molecule has 2 heterocycles. The first-order valence-electron chi connectivity index (χ1n) is 7.77. The van der Waals surface area contributed by atoms with Crippen molar-refractivity contribution in [2.24, 2.45) is 0 Å². The number of benzene rings is 2. The Morgan fingerprint density at radius 2 is 1.58 bits per heavy atom. The minimum Gasteiger partial charge on any atom is -0.402 e. The summed E-state index contributed by atoms with van der Waals surface area (Å²) >= 11 is 0. The predicted octanol–water partition coefficient (Wildman–Crippen LogP) is 4.89. The number of hydrogen-bond acceptors (Lipinski definition) is 1. The zero-order chi connectivity index (χ0) is 16.0. The summed E-state index contributed by atoms with van der Waals surface area (Å²) in [6, 6.07) is 18.1. The fraction of sp³-hybridized carbons (Fsp3) is 0.143. The molecule has 0 aliphatic heterocycles. The molecule has 0 saturated heterocycles. The first kappa shape index (κ1) is 44.3. The Kier molecular flexibility index (Phi) is 29.1. The molecule has 0 aliphatic rings. The van der Waals surface area contributed by atoms with Crippen LogP contribution < -0.4 is 0 Å². The van der Waals surface area contributed by atoms with Crippen molar-refractivity contribution in [3.8, 4) is 11.3 Å². The van der Waals surface area contributed by atoms with Gasteiger partial charge in [0.05, 0.1) is 0 Å². The summed E-state index contributed by atoms with van der Waals surface area (Å²) in [4.78, 5) is 4.26. The molecule has 0 saturated carbocycles. The quantitative estimate of drug-likeness (QED) is 0.262. The maximum Gasteiger partial charge on any atom is 2.00 e. The van der Waals surface area contributed by atoms with Gasteiger partial charge in [-0.05, 0) is 36.6 Å². The number of fused-ring (bicyclic) bond motifs is 2. The minimum atomic E-state index is 0. The van der Waals surface area contributed by atoms with E-state index in [1.165, 1.54) is 27.7 Å². The van der Waals surface area contributed by atoms with Gasteiger partial charge in [-0.3, -0.25) is 0 Å². The van der Waals surface area contributed by atoms with Crippen LogP contribution in [0.1, 0.15) is 11.1 Å². The third-order valence-corrected chi connectivity index (χ3v) is 4.41. The average Bonchev–Trinajstić information content (AvgIpc) is 2.85. The van der Waals surface area contributed by atoms with Crippen LogP contribution in [0.3, 0.4) is 0 Å². The number of aryl methyl sites for hydroxylation is 2. The van der Waals surface area contributed by atoms with Crippen molar-refractivity contribution in [2.45, 2.75) is 20.4 Å². The Balaban J connectivity index is -0.000000282. The van der Waals surface area contributed by atoms with E-state index < -0.39 is 0 Å². The van der Waals surface area contributed by atoms with E-state index in [0.29, 0.717) is 6.54 Å². The summed E-state index contributed by atoms with van der Waals surface area (Å²) in [5, 5.41) is 2.29. The van der Waals surface area contributed by atoms with Crippen LogP contribution in [0.4, 0.5) is 0 Å². The van der Waals surface area contributed by atoms with Crippen LogP contribution in [0.25, 0.3) is 33.1 Å². The van der Waals surface area contributed by atoms with E-state index in [1.54, 1.807) is 0 Å².